The maximum Gasteiger partial charge on any atom is 0.0630 e. The average Bonchev–Trinajstić information content (AvgIpc) is 2.39. The maximum atomic E-state index is 5.66. The molecule has 0 aliphatic carbocycles. The Labute approximate surface area is 115 Å². The van der Waals surface area contributed by atoms with Gasteiger partial charge in [0.2, 0.25) is 0 Å². The van der Waals surface area contributed by atoms with E-state index in [-0.39, 0.29) is 5.41 Å². The number of nitrogens with one attached hydrogen (secondary N) is 1. The average molecular weight is 261 g/mol. The minimum Gasteiger partial charge on any atom is -0.379 e. The third kappa shape index (κ3) is 2.00. The van der Waals surface area contributed by atoms with Gasteiger partial charge in [0.1, 0.15) is 0 Å². The molecule has 3 nitrogen and oxygen atoms in total. The molecule has 3 heteroatoms. The number of ether oxygens (including phenoxy) is 2. The van der Waals surface area contributed by atoms with Crippen molar-refractivity contribution in [3.8, 4) is 0 Å². The summed E-state index contributed by atoms with van der Waals surface area (Å²) in [6.07, 6.45) is 0. The van der Waals surface area contributed by atoms with E-state index in [1.807, 2.05) is 0 Å². The molecule has 2 aliphatic rings. The molecule has 104 valence electrons. The number of morpholine rings is 1. The third-order valence-corrected chi connectivity index (χ3v) is 4.90. The summed E-state index contributed by atoms with van der Waals surface area (Å²) in [7, 11) is 0. The van der Waals surface area contributed by atoms with E-state index < -0.39 is 0 Å². The smallest absolute Gasteiger partial charge is 0.0630 e. The van der Waals surface area contributed by atoms with Crippen molar-refractivity contribution >= 4 is 0 Å². The van der Waals surface area contributed by atoms with Gasteiger partial charge in [-0.05, 0) is 43.0 Å². The lowest BCUT2D eigenvalue weighted by atomic mass is 9.70. The molecule has 2 aliphatic heterocycles. The summed E-state index contributed by atoms with van der Waals surface area (Å²) in [5.74, 6) is 0. The second kappa shape index (κ2) is 4.89. The van der Waals surface area contributed by atoms with Crippen LogP contribution in [-0.4, -0.2) is 39.0 Å². The molecule has 0 bridgehead atoms. The van der Waals surface area contributed by atoms with E-state index in [1.54, 1.807) is 0 Å². The van der Waals surface area contributed by atoms with Crippen LogP contribution in [0.3, 0.4) is 0 Å². The summed E-state index contributed by atoms with van der Waals surface area (Å²) < 4.78 is 11.2. The molecule has 2 saturated heterocycles. The van der Waals surface area contributed by atoms with Crippen molar-refractivity contribution in [3.05, 3.63) is 34.4 Å². The number of rotatable bonds is 2. The molecule has 1 atom stereocenters. The Balaban J connectivity index is 2.00. The van der Waals surface area contributed by atoms with Gasteiger partial charge < -0.3 is 14.8 Å². The predicted octanol–water partition coefficient (Wildman–Crippen LogP) is 1.87. The molecule has 2 fully saturated rings. The van der Waals surface area contributed by atoms with Crippen molar-refractivity contribution in [2.24, 2.45) is 0 Å². The lowest BCUT2D eigenvalue weighted by molar-refractivity contribution is -0.101. The van der Waals surface area contributed by atoms with Crippen molar-refractivity contribution in [3.63, 3.8) is 0 Å². The Kier molecular flexibility index (Phi) is 3.37. The summed E-state index contributed by atoms with van der Waals surface area (Å²) in [4.78, 5) is 0. The maximum absolute atomic E-state index is 5.66. The minimum atomic E-state index is 0.100. The van der Waals surface area contributed by atoms with Crippen LogP contribution in [0.5, 0.6) is 0 Å². The van der Waals surface area contributed by atoms with Crippen LogP contribution < -0.4 is 5.32 Å². The molecule has 1 aromatic carbocycles. The molecule has 0 amide bonds. The lowest BCUT2D eigenvalue weighted by Gasteiger charge is -2.49. The Morgan fingerprint density at radius 2 is 1.89 bits per heavy atom. The van der Waals surface area contributed by atoms with E-state index in [1.165, 1.54) is 22.3 Å². The largest absolute Gasteiger partial charge is 0.379 e. The van der Waals surface area contributed by atoms with Crippen LogP contribution in [0.2, 0.25) is 0 Å². The first-order chi connectivity index (χ1) is 9.15. The highest BCUT2D eigenvalue weighted by atomic mass is 16.5. The molecular weight excluding hydrogens is 238 g/mol. The highest BCUT2D eigenvalue weighted by Crippen LogP contribution is 2.39. The molecule has 3 rings (SSSR count). The minimum absolute atomic E-state index is 0.100. The molecule has 0 spiro atoms. The van der Waals surface area contributed by atoms with Crippen molar-refractivity contribution in [2.45, 2.75) is 32.2 Å². The Hall–Kier alpha value is -0.900. The van der Waals surface area contributed by atoms with Crippen LogP contribution in [-0.2, 0) is 14.9 Å². The first kappa shape index (κ1) is 13.1. The molecular formula is C16H23NO2. The fourth-order valence-corrected chi connectivity index (χ4v) is 3.28. The summed E-state index contributed by atoms with van der Waals surface area (Å²) >= 11 is 0. The van der Waals surface area contributed by atoms with Gasteiger partial charge in [-0.15, -0.1) is 0 Å². The van der Waals surface area contributed by atoms with E-state index >= 15 is 0 Å². The van der Waals surface area contributed by atoms with Crippen molar-refractivity contribution in [2.75, 3.05) is 33.0 Å². The van der Waals surface area contributed by atoms with E-state index in [0.717, 1.165) is 33.0 Å². The highest BCUT2D eigenvalue weighted by Gasteiger charge is 2.48. The number of hydrogen-bond donors (Lipinski definition) is 1. The third-order valence-electron chi connectivity index (χ3n) is 4.90. The molecule has 19 heavy (non-hydrogen) atoms. The molecule has 0 saturated carbocycles. The number of benzene rings is 1. The number of aryl methyl sites for hydroxylation is 1. The monoisotopic (exact) mass is 261 g/mol. The molecule has 0 radical (unpaired) electrons. The van der Waals surface area contributed by atoms with Gasteiger partial charge in [-0.3, -0.25) is 0 Å². The van der Waals surface area contributed by atoms with Gasteiger partial charge in [0.05, 0.1) is 31.8 Å². The molecule has 1 N–H and O–H groups in total. The topological polar surface area (TPSA) is 30.5 Å². The first-order valence-corrected chi connectivity index (χ1v) is 7.11. The van der Waals surface area contributed by atoms with Crippen LogP contribution in [0.4, 0.5) is 0 Å². The fourth-order valence-electron chi connectivity index (χ4n) is 3.28. The van der Waals surface area contributed by atoms with Gasteiger partial charge in [0.25, 0.3) is 0 Å². The van der Waals surface area contributed by atoms with Crippen molar-refractivity contribution < 1.29 is 9.47 Å². The first-order valence-electron chi connectivity index (χ1n) is 7.11. The van der Waals surface area contributed by atoms with Gasteiger partial charge in [-0.25, -0.2) is 0 Å². The Morgan fingerprint density at radius 1 is 1.11 bits per heavy atom. The van der Waals surface area contributed by atoms with Crippen LogP contribution in [0.15, 0.2) is 12.1 Å². The van der Waals surface area contributed by atoms with Gasteiger partial charge in [-0.2, -0.15) is 0 Å². The molecule has 0 aromatic heterocycles. The van der Waals surface area contributed by atoms with Crippen molar-refractivity contribution in [1.29, 1.82) is 0 Å². The summed E-state index contributed by atoms with van der Waals surface area (Å²) in [5, 5.41) is 3.62. The van der Waals surface area contributed by atoms with E-state index in [9.17, 15) is 0 Å². The van der Waals surface area contributed by atoms with Gasteiger partial charge in [0.15, 0.2) is 0 Å². The van der Waals surface area contributed by atoms with Gasteiger partial charge in [0, 0.05) is 12.6 Å². The van der Waals surface area contributed by atoms with Crippen molar-refractivity contribution in [1.82, 2.24) is 5.32 Å². The highest BCUT2D eigenvalue weighted by molar-refractivity contribution is 5.45. The van der Waals surface area contributed by atoms with E-state index in [0.29, 0.717) is 6.04 Å². The second-order valence-electron chi connectivity index (χ2n) is 5.91. The molecule has 1 unspecified atom stereocenters. The lowest BCUT2D eigenvalue weighted by Crippen LogP contribution is -2.64. The fraction of sp³-hybridized carbons (Fsp3) is 0.625. The standard InChI is InChI=1S/C16H23NO2/c1-11-4-5-14(13(3)12(11)2)16(9-19-10-16)15-8-18-7-6-17-15/h4-5,15,17H,6-10H2,1-3H3. The van der Waals surface area contributed by atoms with Gasteiger partial charge in [-0.1, -0.05) is 12.1 Å². The SMILES string of the molecule is Cc1ccc(C2(C3COCCN3)COC2)c(C)c1C. The van der Waals surface area contributed by atoms with Gasteiger partial charge >= 0.3 is 0 Å². The quantitative estimate of drug-likeness (QED) is 0.881. The van der Waals surface area contributed by atoms with E-state index in [4.69, 9.17) is 9.47 Å². The zero-order valence-corrected chi connectivity index (χ0v) is 12.1. The number of hydrogen-bond acceptors (Lipinski definition) is 3. The zero-order valence-electron chi connectivity index (χ0n) is 12.1. The molecule has 1 aromatic rings. The van der Waals surface area contributed by atoms with Crippen LogP contribution in [0.25, 0.3) is 0 Å². The Bertz CT molecular complexity index is 474. The summed E-state index contributed by atoms with van der Waals surface area (Å²) in [6, 6.07) is 4.90. The van der Waals surface area contributed by atoms with E-state index in [2.05, 4.69) is 38.2 Å². The second-order valence-corrected chi connectivity index (χ2v) is 5.91. The normalized spacial score (nSPS) is 25.9. The Morgan fingerprint density at radius 3 is 2.47 bits per heavy atom. The van der Waals surface area contributed by atoms with Crippen LogP contribution >= 0.6 is 0 Å². The zero-order chi connectivity index (χ0) is 13.5. The molecule has 2 heterocycles. The predicted molar refractivity (Wildman–Crippen MR) is 75.8 cm³/mol. The van der Waals surface area contributed by atoms with Crippen LogP contribution in [0, 0.1) is 20.8 Å². The summed E-state index contributed by atoms with van der Waals surface area (Å²) in [6.45, 7) is 10.8. The van der Waals surface area contributed by atoms with Crippen LogP contribution in [0.1, 0.15) is 22.3 Å². The summed E-state index contributed by atoms with van der Waals surface area (Å²) in [5.41, 5.74) is 5.72.